The third-order valence-electron chi connectivity index (χ3n) is 3.53. The van der Waals surface area contributed by atoms with Crippen LogP contribution in [0.3, 0.4) is 0 Å². The standard InChI is InChI=1S/C13H26/c1-10(2)11-7-12(3,4)9-13(5,6)8-11/h10-11H,7-9H2,1-6H3. The smallest absolute Gasteiger partial charge is 0.0346 e. The normalized spacial score (nSPS) is 27.9. The zero-order valence-corrected chi connectivity index (χ0v) is 10.3. The van der Waals surface area contributed by atoms with E-state index in [0.29, 0.717) is 10.8 Å². The second-order valence-electron chi connectivity index (χ2n) is 6.92. The topological polar surface area (TPSA) is 0 Å². The van der Waals surface area contributed by atoms with Crippen LogP contribution < -0.4 is 0 Å². The van der Waals surface area contributed by atoms with Crippen LogP contribution in [0, 0.1) is 22.7 Å². The summed E-state index contributed by atoms with van der Waals surface area (Å²) in [6.45, 7) is 14.5. The first kappa shape index (κ1) is 11.1. The molecule has 0 N–H and O–H groups in total. The molecule has 0 amide bonds. The Morgan fingerprint density at radius 1 is 0.923 bits per heavy atom. The van der Waals surface area contributed by atoms with E-state index in [0.717, 1.165) is 11.8 Å². The van der Waals surface area contributed by atoms with Crippen molar-refractivity contribution in [2.75, 3.05) is 0 Å². The van der Waals surface area contributed by atoms with Crippen LogP contribution in [0.1, 0.15) is 60.8 Å². The van der Waals surface area contributed by atoms with Crippen molar-refractivity contribution in [3.63, 3.8) is 0 Å². The Bertz CT molecular complexity index is 158. The summed E-state index contributed by atoms with van der Waals surface area (Å²) in [5.74, 6) is 1.80. The van der Waals surface area contributed by atoms with Gasteiger partial charge in [-0.05, 0) is 41.9 Å². The summed E-state index contributed by atoms with van der Waals surface area (Å²) < 4.78 is 0. The molecular weight excluding hydrogens is 156 g/mol. The van der Waals surface area contributed by atoms with Gasteiger partial charge in [-0.25, -0.2) is 0 Å². The molecule has 1 saturated carbocycles. The lowest BCUT2D eigenvalue weighted by Gasteiger charge is -2.46. The Balaban J connectivity index is 2.72. The highest BCUT2D eigenvalue weighted by molar-refractivity contribution is 4.89. The Hall–Kier alpha value is 0. The summed E-state index contributed by atoms with van der Waals surface area (Å²) in [4.78, 5) is 0. The molecule has 0 nitrogen and oxygen atoms in total. The van der Waals surface area contributed by atoms with Gasteiger partial charge in [-0.2, -0.15) is 0 Å². The van der Waals surface area contributed by atoms with Crippen molar-refractivity contribution < 1.29 is 0 Å². The summed E-state index contributed by atoms with van der Waals surface area (Å²) in [7, 11) is 0. The monoisotopic (exact) mass is 182 g/mol. The van der Waals surface area contributed by atoms with E-state index in [1.165, 1.54) is 19.3 Å². The molecule has 0 bridgehead atoms. The minimum atomic E-state index is 0.566. The molecule has 0 aromatic carbocycles. The van der Waals surface area contributed by atoms with Crippen molar-refractivity contribution in [2.45, 2.75) is 60.8 Å². The van der Waals surface area contributed by atoms with Crippen LogP contribution in [-0.2, 0) is 0 Å². The molecule has 0 aromatic heterocycles. The van der Waals surface area contributed by atoms with Gasteiger partial charge in [0, 0.05) is 0 Å². The lowest BCUT2D eigenvalue weighted by molar-refractivity contribution is 0.0472. The summed E-state index contributed by atoms with van der Waals surface area (Å²) in [5, 5.41) is 0. The van der Waals surface area contributed by atoms with E-state index in [-0.39, 0.29) is 0 Å². The highest BCUT2D eigenvalue weighted by atomic mass is 14.4. The SMILES string of the molecule is CC(C)C1CC(C)(C)CC(C)(C)C1. The van der Waals surface area contributed by atoms with E-state index in [1.807, 2.05) is 0 Å². The lowest BCUT2D eigenvalue weighted by Crippen LogP contribution is -2.35. The Labute approximate surface area is 84.1 Å². The van der Waals surface area contributed by atoms with Gasteiger partial charge in [0.15, 0.2) is 0 Å². The molecule has 0 saturated heterocycles. The fraction of sp³-hybridized carbons (Fsp3) is 1.00. The van der Waals surface area contributed by atoms with Gasteiger partial charge in [0.2, 0.25) is 0 Å². The van der Waals surface area contributed by atoms with Crippen molar-refractivity contribution in [1.29, 1.82) is 0 Å². The highest BCUT2D eigenvalue weighted by Crippen LogP contribution is 2.50. The maximum Gasteiger partial charge on any atom is -0.0346 e. The second kappa shape index (κ2) is 3.29. The molecule has 1 rings (SSSR count). The maximum atomic E-state index is 2.43. The van der Waals surface area contributed by atoms with Gasteiger partial charge in [0.1, 0.15) is 0 Å². The quantitative estimate of drug-likeness (QED) is 0.560. The summed E-state index contributed by atoms with van der Waals surface area (Å²) >= 11 is 0. The van der Waals surface area contributed by atoms with E-state index < -0.39 is 0 Å². The van der Waals surface area contributed by atoms with Gasteiger partial charge in [0.05, 0.1) is 0 Å². The molecule has 0 aromatic rings. The number of hydrogen-bond donors (Lipinski definition) is 0. The molecule has 0 heteroatoms. The average molecular weight is 182 g/mol. The molecule has 78 valence electrons. The molecule has 0 spiro atoms. The molecule has 0 radical (unpaired) electrons. The molecule has 0 atom stereocenters. The minimum Gasteiger partial charge on any atom is -0.0625 e. The van der Waals surface area contributed by atoms with Crippen molar-refractivity contribution in [1.82, 2.24) is 0 Å². The van der Waals surface area contributed by atoms with Crippen LogP contribution in [0.25, 0.3) is 0 Å². The average Bonchev–Trinajstić information content (AvgIpc) is 1.79. The fourth-order valence-corrected chi connectivity index (χ4v) is 3.40. The molecule has 0 aliphatic heterocycles. The van der Waals surface area contributed by atoms with Gasteiger partial charge >= 0.3 is 0 Å². The molecular formula is C13H26. The Morgan fingerprint density at radius 2 is 1.31 bits per heavy atom. The van der Waals surface area contributed by atoms with E-state index in [4.69, 9.17) is 0 Å². The molecule has 1 aliphatic rings. The van der Waals surface area contributed by atoms with Crippen molar-refractivity contribution in [3.05, 3.63) is 0 Å². The van der Waals surface area contributed by atoms with Gasteiger partial charge in [0.25, 0.3) is 0 Å². The van der Waals surface area contributed by atoms with E-state index in [1.54, 1.807) is 0 Å². The Kier molecular flexibility index (Phi) is 2.81. The first-order chi connectivity index (χ1) is 5.72. The molecule has 0 heterocycles. The molecule has 1 fully saturated rings. The first-order valence-electron chi connectivity index (χ1n) is 5.72. The summed E-state index contributed by atoms with van der Waals surface area (Å²) in [6, 6.07) is 0. The second-order valence-corrected chi connectivity index (χ2v) is 6.92. The largest absolute Gasteiger partial charge is 0.0625 e. The van der Waals surface area contributed by atoms with Crippen LogP contribution in [0.5, 0.6) is 0 Å². The van der Waals surface area contributed by atoms with Gasteiger partial charge in [-0.3, -0.25) is 0 Å². The van der Waals surface area contributed by atoms with Crippen LogP contribution in [0.15, 0.2) is 0 Å². The highest BCUT2D eigenvalue weighted by Gasteiger charge is 2.39. The van der Waals surface area contributed by atoms with Gasteiger partial charge in [-0.15, -0.1) is 0 Å². The van der Waals surface area contributed by atoms with E-state index in [9.17, 15) is 0 Å². The molecule has 13 heavy (non-hydrogen) atoms. The predicted molar refractivity (Wildman–Crippen MR) is 59.7 cm³/mol. The first-order valence-corrected chi connectivity index (χ1v) is 5.72. The third-order valence-corrected chi connectivity index (χ3v) is 3.53. The van der Waals surface area contributed by atoms with E-state index >= 15 is 0 Å². The van der Waals surface area contributed by atoms with Crippen LogP contribution in [0.4, 0.5) is 0 Å². The molecule has 1 aliphatic carbocycles. The number of hydrogen-bond acceptors (Lipinski definition) is 0. The van der Waals surface area contributed by atoms with Crippen molar-refractivity contribution in [2.24, 2.45) is 22.7 Å². The summed E-state index contributed by atoms with van der Waals surface area (Å²) in [6.07, 6.45) is 4.24. The predicted octanol–water partition coefficient (Wildman–Crippen LogP) is 4.49. The van der Waals surface area contributed by atoms with Gasteiger partial charge < -0.3 is 0 Å². The van der Waals surface area contributed by atoms with Crippen LogP contribution in [-0.4, -0.2) is 0 Å². The van der Waals surface area contributed by atoms with E-state index in [2.05, 4.69) is 41.5 Å². The zero-order chi connectivity index (χ0) is 10.3. The van der Waals surface area contributed by atoms with Crippen molar-refractivity contribution in [3.8, 4) is 0 Å². The molecule has 0 unspecified atom stereocenters. The fourth-order valence-electron chi connectivity index (χ4n) is 3.40. The number of rotatable bonds is 1. The maximum absolute atomic E-state index is 2.43. The van der Waals surface area contributed by atoms with Crippen molar-refractivity contribution >= 4 is 0 Å². The van der Waals surface area contributed by atoms with Crippen LogP contribution >= 0.6 is 0 Å². The zero-order valence-electron chi connectivity index (χ0n) is 10.3. The Morgan fingerprint density at radius 3 is 1.62 bits per heavy atom. The summed E-state index contributed by atoms with van der Waals surface area (Å²) in [5.41, 5.74) is 1.13. The lowest BCUT2D eigenvalue weighted by atomic mass is 9.59. The van der Waals surface area contributed by atoms with Gasteiger partial charge in [-0.1, -0.05) is 41.5 Å². The minimum absolute atomic E-state index is 0.566. The van der Waals surface area contributed by atoms with Crippen LogP contribution in [0.2, 0.25) is 0 Å². The third kappa shape index (κ3) is 3.00.